The molecule has 6 N–H and O–H groups in total. The number of carbonyl (C=O) groups excluding carboxylic acids is 4. The summed E-state index contributed by atoms with van der Waals surface area (Å²) in [7, 11) is 0. The van der Waals surface area contributed by atoms with Crippen molar-refractivity contribution in [1.29, 1.82) is 0 Å². The molecule has 6 rings (SSSR count). The Morgan fingerprint density at radius 1 is 0.824 bits per heavy atom. The lowest BCUT2D eigenvalue weighted by molar-refractivity contribution is -0.385. The van der Waals surface area contributed by atoms with Gasteiger partial charge >= 0.3 is 5.69 Å². The lowest BCUT2D eigenvalue weighted by atomic mass is 9.95. The molecule has 2 aliphatic rings. The largest absolute Gasteiger partial charge is 0.502 e. The second-order valence-corrected chi connectivity index (χ2v) is 12.8. The molecule has 1 saturated heterocycles. The predicted octanol–water partition coefficient (Wildman–Crippen LogP) is 2.51. The fraction of sp³-hybridized carbons (Fsp3) is 0.263. The SMILES string of the molecule is NC(=O)[C@H](NC(=O)[C@@H](Cc1ccc(O)c([N+](=O)[O-])c1)NC(=O)[C@@H]1O[C@H]1C(=O)NCCc1ccc(-c2ccccc2)cc1)C1Cc2ccccc2C1. The van der Waals surface area contributed by atoms with Crippen LogP contribution in [0.2, 0.25) is 0 Å². The van der Waals surface area contributed by atoms with E-state index in [1.807, 2.05) is 78.9 Å². The van der Waals surface area contributed by atoms with Crippen LogP contribution in [-0.2, 0) is 49.6 Å². The number of epoxide rings is 1. The van der Waals surface area contributed by atoms with Gasteiger partial charge in [0.25, 0.3) is 11.8 Å². The highest BCUT2D eigenvalue weighted by molar-refractivity contribution is 5.98. The highest BCUT2D eigenvalue weighted by Crippen LogP contribution is 2.30. The number of amides is 4. The summed E-state index contributed by atoms with van der Waals surface area (Å²) in [4.78, 5) is 63.1. The van der Waals surface area contributed by atoms with Gasteiger partial charge in [0.15, 0.2) is 18.0 Å². The van der Waals surface area contributed by atoms with Crippen LogP contribution < -0.4 is 21.7 Å². The smallest absolute Gasteiger partial charge is 0.310 e. The molecule has 1 heterocycles. The third-order valence-corrected chi connectivity index (χ3v) is 9.25. The van der Waals surface area contributed by atoms with E-state index in [-0.39, 0.29) is 17.9 Å². The molecule has 0 aromatic heterocycles. The monoisotopic (exact) mass is 691 g/mol. The van der Waals surface area contributed by atoms with Crippen LogP contribution in [0.25, 0.3) is 11.1 Å². The molecule has 1 aliphatic heterocycles. The molecule has 51 heavy (non-hydrogen) atoms. The molecule has 262 valence electrons. The Kier molecular flexibility index (Phi) is 10.4. The molecule has 0 unspecified atom stereocenters. The number of hydrogen-bond acceptors (Lipinski definition) is 8. The number of benzene rings is 4. The van der Waals surface area contributed by atoms with Crippen LogP contribution >= 0.6 is 0 Å². The number of phenolic OH excluding ortho intramolecular Hbond substituents is 1. The number of nitrogens with two attached hydrogens (primary N) is 1. The number of primary amides is 1. The number of nitrogens with one attached hydrogen (secondary N) is 3. The first-order chi connectivity index (χ1) is 24.6. The third kappa shape index (κ3) is 8.39. The number of nitrogens with zero attached hydrogens (tertiary/aromatic N) is 1. The Labute approximate surface area is 293 Å². The van der Waals surface area contributed by atoms with Gasteiger partial charge < -0.3 is 31.5 Å². The summed E-state index contributed by atoms with van der Waals surface area (Å²) in [5.74, 6) is -3.62. The standard InChI is InChI=1S/C38H37N5O8/c39-35(45)32(28-20-26-8-4-5-9-27(26)21-28)42-36(46)29(18-23-12-15-31(44)30(19-23)43(49)50)41-38(48)34-33(51-34)37(47)40-17-16-22-10-13-25(14-11-22)24-6-2-1-3-7-24/h1-15,19,28-29,32-34,44H,16-18,20-21H2,(H2,39,45)(H,40,47)(H,41,48)(H,42,46)/t29-,32-,33-,34-/m1/s1. The summed E-state index contributed by atoms with van der Waals surface area (Å²) in [5, 5.41) is 29.4. The summed E-state index contributed by atoms with van der Waals surface area (Å²) in [6.45, 7) is 0.307. The number of hydrogen-bond donors (Lipinski definition) is 5. The zero-order chi connectivity index (χ0) is 36.1. The molecule has 0 radical (unpaired) electrons. The molecule has 0 saturated carbocycles. The molecule has 1 fully saturated rings. The molecular weight excluding hydrogens is 654 g/mol. The Morgan fingerprint density at radius 3 is 2.08 bits per heavy atom. The number of ether oxygens (including phenoxy) is 1. The second kappa shape index (κ2) is 15.2. The average Bonchev–Trinajstić information content (AvgIpc) is 3.83. The minimum Gasteiger partial charge on any atom is -0.502 e. The van der Waals surface area contributed by atoms with Gasteiger partial charge in [-0.2, -0.15) is 0 Å². The van der Waals surface area contributed by atoms with Crippen LogP contribution in [0.15, 0.2) is 97.1 Å². The minimum atomic E-state index is -1.33. The first-order valence-electron chi connectivity index (χ1n) is 16.6. The number of nitro groups is 1. The van der Waals surface area contributed by atoms with E-state index in [2.05, 4.69) is 16.0 Å². The van der Waals surface area contributed by atoms with Crippen LogP contribution in [0.3, 0.4) is 0 Å². The number of phenols is 1. The number of aromatic hydroxyl groups is 1. The number of fused-ring (bicyclic) bond motifs is 1. The lowest BCUT2D eigenvalue weighted by Gasteiger charge is -2.25. The summed E-state index contributed by atoms with van der Waals surface area (Å²) < 4.78 is 5.39. The van der Waals surface area contributed by atoms with E-state index in [1.54, 1.807) is 0 Å². The van der Waals surface area contributed by atoms with Gasteiger partial charge in [-0.05, 0) is 64.6 Å². The zero-order valence-electron chi connectivity index (χ0n) is 27.5. The first-order valence-corrected chi connectivity index (χ1v) is 16.6. The van der Waals surface area contributed by atoms with Crippen LogP contribution in [0.5, 0.6) is 5.75 Å². The first kappa shape index (κ1) is 34.8. The highest BCUT2D eigenvalue weighted by Gasteiger charge is 2.51. The van der Waals surface area contributed by atoms with E-state index in [9.17, 15) is 34.4 Å². The van der Waals surface area contributed by atoms with E-state index in [1.165, 1.54) is 6.07 Å². The van der Waals surface area contributed by atoms with Crippen LogP contribution in [0.1, 0.15) is 22.3 Å². The van der Waals surface area contributed by atoms with Crippen molar-refractivity contribution in [3.8, 4) is 16.9 Å². The van der Waals surface area contributed by atoms with Gasteiger partial charge in [0.2, 0.25) is 11.8 Å². The van der Waals surface area contributed by atoms with Gasteiger partial charge in [-0.25, -0.2) is 0 Å². The zero-order valence-corrected chi connectivity index (χ0v) is 27.5. The Bertz CT molecular complexity index is 1930. The van der Waals surface area contributed by atoms with Crippen molar-refractivity contribution in [3.63, 3.8) is 0 Å². The molecule has 13 heteroatoms. The molecule has 4 atom stereocenters. The molecule has 1 aliphatic carbocycles. The minimum absolute atomic E-state index is 0.234. The van der Waals surface area contributed by atoms with E-state index < -0.39 is 64.3 Å². The normalized spacial score (nSPS) is 17.4. The molecule has 4 aromatic rings. The molecular formula is C38H37N5O8. The fourth-order valence-corrected chi connectivity index (χ4v) is 6.48. The van der Waals surface area contributed by atoms with Gasteiger partial charge in [-0.3, -0.25) is 29.3 Å². The van der Waals surface area contributed by atoms with Crippen LogP contribution in [-0.4, -0.2) is 64.5 Å². The van der Waals surface area contributed by atoms with Gasteiger partial charge in [-0.15, -0.1) is 0 Å². The molecule has 0 bridgehead atoms. The van der Waals surface area contributed by atoms with Crippen LogP contribution in [0.4, 0.5) is 5.69 Å². The van der Waals surface area contributed by atoms with E-state index >= 15 is 0 Å². The van der Waals surface area contributed by atoms with Crippen molar-refractivity contribution < 1.29 is 33.9 Å². The molecule has 4 amide bonds. The fourth-order valence-electron chi connectivity index (χ4n) is 6.48. The number of nitro benzene ring substituents is 1. The maximum Gasteiger partial charge on any atom is 0.310 e. The summed E-state index contributed by atoms with van der Waals surface area (Å²) in [5.41, 5.74) is 10.7. The maximum atomic E-state index is 13.7. The van der Waals surface area contributed by atoms with Crippen molar-refractivity contribution in [2.75, 3.05) is 6.54 Å². The maximum absolute atomic E-state index is 13.7. The Balaban J connectivity index is 1.08. The topological polar surface area (TPSA) is 206 Å². The van der Waals surface area contributed by atoms with Gasteiger partial charge in [-0.1, -0.05) is 84.9 Å². The van der Waals surface area contributed by atoms with E-state index in [4.69, 9.17) is 10.5 Å². The predicted molar refractivity (Wildman–Crippen MR) is 186 cm³/mol. The van der Waals surface area contributed by atoms with Gasteiger partial charge in [0, 0.05) is 19.0 Å². The van der Waals surface area contributed by atoms with E-state index in [0.717, 1.165) is 39.9 Å². The van der Waals surface area contributed by atoms with Crippen molar-refractivity contribution in [1.82, 2.24) is 16.0 Å². The molecule has 4 aromatic carbocycles. The highest BCUT2D eigenvalue weighted by atomic mass is 16.6. The summed E-state index contributed by atoms with van der Waals surface area (Å²) >= 11 is 0. The lowest BCUT2D eigenvalue weighted by Crippen LogP contribution is -2.56. The third-order valence-electron chi connectivity index (χ3n) is 9.25. The van der Waals surface area contributed by atoms with Gasteiger partial charge in [0.1, 0.15) is 12.1 Å². The second-order valence-electron chi connectivity index (χ2n) is 12.8. The molecule has 0 spiro atoms. The number of carbonyl (C=O) groups is 4. The quantitative estimate of drug-likeness (QED) is 0.0753. The Hall–Kier alpha value is -6.08. The molecule has 13 nitrogen and oxygen atoms in total. The van der Waals surface area contributed by atoms with Crippen LogP contribution in [0, 0.1) is 16.0 Å². The van der Waals surface area contributed by atoms with Crippen molar-refractivity contribution >= 4 is 29.3 Å². The summed E-state index contributed by atoms with van der Waals surface area (Å²) in [6, 6.07) is 26.8. The van der Waals surface area contributed by atoms with Gasteiger partial charge in [0.05, 0.1) is 4.92 Å². The Morgan fingerprint density at radius 2 is 1.43 bits per heavy atom. The van der Waals surface area contributed by atoms with Crippen molar-refractivity contribution in [3.05, 3.63) is 129 Å². The van der Waals surface area contributed by atoms with E-state index in [0.29, 0.717) is 25.8 Å². The average molecular weight is 692 g/mol. The van der Waals surface area contributed by atoms with Crippen molar-refractivity contribution in [2.45, 2.75) is 50.0 Å². The summed E-state index contributed by atoms with van der Waals surface area (Å²) in [6.07, 6.45) is -0.899. The number of rotatable bonds is 14. The van der Waals surface area contributed by atoms with Crippen molar-refractivity contribution in [2.24, 2.45) is 11.7 Å².